The number of hydrogen-bond acceptors (Lipinski definition) is 3. The van der Waals surface area contributed by atoms with Gasteiger partial charge in [0.05, 0.1) is 0 Å². The predicted octanol–water partition coefficient (Wildman–Crippen LogP) is 3.40. The lowest BCUT2D eigenvalue weighted by atomic mass is 9.88. The average molecular weight is 273 g/mol. The molecule has 0 bridgehead atoms. The standard InChI is InChI=1S/C15H17N2OP/c16-13-5-1-3-11(9-13)15(7-8-19-18)12-4-2-6-14(17)10-12/h1-6,9-10,15H,7-8,16-17H2/p+1. The first kappa shape index (κ1) is 13.6. The van der Waals surface area contributed by atoms with Gasteiger partial charge in [0.2, 0.25) is 0 Å². The second-order valence-corrected chi connectivity index (χ2v) is 5.36. The molecule has 4 N–H and O–H groups in total. The van der Waals surface area contributed by atoms with Crippen LogP contribution in [0.3, 0.4) is 0 Å². The molecule has 0 saturated carbocycles. The summed E-state index contributed by atoms with van der Waals surface area (Å²) in [6.07, 6.45) is 1.50. The molecule has 1 unspecified atom stereocenters. The second-order valence-electron chi connectivity index (χ2n) is 4.58. The lowest BCUT2D eigenvalue weighted by Crippen LogP contribution is -2.03. The van der Waals surface area contributed by atoms with Crippen molar-refractivity contribution in [2.75, 3.05) is 17.6 Å². The van der Waals surface area contributed by atoms with Crippen LogP contribution in [0.4, 0.5) is 11.4 Å². The summed E-state index contributed by atoms with van der Waals surface area (Å²) < 4.78 is 10.8. The number of anilines is 2. The van der Waals surface area contributed by atoms with Gasteiger partial charge in [-0.25, -0.2) is 0 Å². The Labute approximate surface area is 114 Å². The Balaban J connectivity index is 2.38. The first-order chi connectivity index (χ1) is 9.20. The van der Waals surface area contributed by atoms with Crippen LogP contribution >= 0.6 is 8.46 Å². The molecule has 0 amide bonds. The van der Waals surface area contributed by atoms with E-state index in [1.54, 1.807) is 0 Å². The third kappa shape index (κ3) is 3.55. The van der Waals surface area contributed by atoms with Crippen LogP contribution in [0.25, 0.3) is 0 Å². The van der Waals surface area contributed by atoms with Crippen LogP contribution in [0.2, 0.25) is 0 Å². The molecule has 0 spiro atoms. The number of nitrogens with two attached hydrogens (primary N) is 2. The molecule has 0 radical (unpaired) electrons. The summed E-state index contributed by atoms with van der Waals surface area (Å²) in [6, 6.07) is 15.7. The molecular weight excluding hydrogens is 255 g/mol. The minimum absolute atomic E-state index is 0.188. The molecule has 19 heavy (non-hydrogen) atoms. The number of benzene rings is 2. The Hall–Kier alpha value is -1.86. The van der Waals surface area contributed by atoms with E-state index in [4.69, 9.17) is 11.5 Å². The highest BCUT2D eigenvalue weighted by Gasteiger charge is 2.16. The van der Waals surface area contributed by atoms with Crippen molar-refractivity contribution in [3.63, 3.8) is 0 Å². The summed E-state index contributed by atoms with van der Waals surface area (Å²) >= 11 is 0. The third-order valence-corrected chi connectivity index (χ3v) is 3.65. The van der Waals surface area contributed by atoms with Crippen molar-refractivity contribution in [1.82, 2.24) is 0 Å². The van der Waals surface area contributed by atoms with E-state index in [0.29, 0.717) is 6.16 Å². The van der Waals surface area contributed by atoms with Crippen LogP contribution in [-0.4, -0.2) is 6.16 Å². The third-order valence-electron chi connectivity index (χ3n) is 3.16. The van der Waals surface area contributed by atoms with E-state index in [1.807, 2.05) is 36.4 Å². The fourth-order valence-electron chi connectivity index (χ4n) is 2.28. The second kappa shape index (κ2) is 6.35. The molecule has 0 aliphatic carbocycles. The number of nitrogen functional groups attached to an aromatic ring is 2. The van der Waals surface area contributed by atoms with E-state index in [1.165, 1.54) is 0 Å². The highest BCUT2D eigenvalue weighted by Crippen LogP contribution is 2.31. The summed E-state index contributed by atoms with van der Waals surface area (Å²) in [6.45, 7) is 0. The predicted molar refractivity (Wildman–Crippen MR) is 82.0 cm³/mol. The summed E-state index contributed by atoms with van der Waals surface area (Å²) in [5, 5.41) is 0. The maximum absolute atomic E-state index is 10.8. The molecule has 4 heteroatoms. The fraction of sp³-hybridized carbons (Fsp3) is 0.200. The van der Waals surface area contributed by atoms with Gasteiger partial charge in [0.25, 0.3) is 0 Å². The van der Waals surface area contributed by atoms with Crippen molar-refractivity contribution in [1.29, 1.82) is 0 Å². The monoisotopic (exact) mass is 273 g/mol. The summed E-state index contributed by atoms with van der Waals surface area (Å²) in [7, 11) is -0.278. The van der Waals surface area contributed by atoms with Crippen LogP contribution in [0.5, 0.6) is 0 Å². The van der Waals surface area contributed by atoms with E-state index >= 15 is 0 Å². The zero-order valence-electron chi connectivity index (χ0n) is 10.7. The van der Waals surface area contributed by atoms with E-state index in [0.717, 1.165) is 28.9 Å². The number of rotatable bonds is 5. The first-order valence-corrected chi connectivity index (χ1v) is 7.38. The van der Waals surface area contributed by atoms with Gasteiger partial charge in [-0.1, -0.05) is 28.8 Å². The molecule has 0 aliphatic rings. The molecule has 3 nitrogen and oxygen atoms in total. The Morgan fingerprint density at radius 1 is 0.947 bits per heavy atom. The highest BCUT2D eigenvalue weighted by molar-refractivity contribution is 7.23. The zero-order chi connectivity index (χ0) is 13.7. The Kier molecular flexibility index (Phi) is 4.53. The van der Waals surface area contributed by atoms with E-state index < -0.39 is 0 Å². The van der Waals surface area contributed by atoms with E-state index in [2.05, 4.69) is 12.1 Å². The molecular formula is C15H18N2OP+. The topological polar surface area (TPSA) is 69.1 Å². The molecule has 0 aliphatic heterocycles. The van der Waals surface area contributed by atoms with Crippen LogP contribution in [0.1, 0.15) is 23.5 Å². The highest BCUT2D eigenvalue weighted by atomic mass is 31.1. The summed E-state index contributed by atoms with van der Waals surface area (Å²) in [5.41, 5.74) is 15.5. The smallest absolute Gasteiger partial charge is 0.324 e. The molecule has 98 valence electrons. The molecule has 2 aromatic rings. The molecule has 0 aromatic heterocycles. The molecule has 2 rings (SSSR count). The maximum Gasteiger partial charge on any atom is 0.324 e. The van der Waals surface area contributed by atoms with Gasteiger partial charge in [0.15, 0.2) is 0 Å². The molecule has 0 heterocycles. The van der Waals surface area contributed by atoms with Crippen molar-refractivity contribution in [3.8, 4) is 0 Å². The van der Waals surface area contributed by atoms with Crippen LogP contribution in [0, 0.1) is 0 Å². The normalized spacial score (nSPS) is 11.0. The van der Waals surface area contributed by atoms with Crippen LogP contribution < -0.4 is 11.5 Å². The van der Waals surface area contributed by atoms with Crippen molar-refractivity contribution in [3.05, 3.63) is 59.7 Å². The molecule has 1 atom stereocenters. The van der Waals surface area contributed by atoms with Crippen molar-refractivity contribution < 1.29 is 4.57 Å². The summed E-state index contributed by atoms with van der Waals surface area (Å²) in [5.74, 6) is 0.188. The van der Waals surface area contributed by atoms with Crippen LogP contribution in [0.15, 0.2) is 48.5 Å². The lowest BCUT2D eigenvalue weighted by molar-refractivity contribution is 0.595. The van der Waals surface area contributed by atoms with Crippen molar-refractivity contribution >= 4 is 19.8 Å². The van der Waals surface area contributed by atoms with E-state index in [9.17, 15) is 4.57 Å². The van der Waals surface area contributed by atoms with Gasteiger partial charge in [-0.15, -0.1) is 0 Å². The van der Waals surface area contributed by atoms with Gasteiger partial charge in [0.1, 0.15) is 6.16 Å². The number of hydrogen-bond donors (Lipinski definition) is 2. The Bertz CT molecular complexity index is 526. The SMILES string of the molecule is Nc1cccc(C(CC[PH+]=O)c2cccc(N)c2)c1. The minimum Gasteiger partial charge on any atom is -0.399 e. The Morgan fingerprint density at radius 2 is 1.47 bits per heavy atom. The largest absolute Gasteiger partial charge is 0.399 e. The molecule has 2 aromatic carbocycles. The van der Waals surface area contributed by atoms with Gasteiger partial charge < -0.3 is 11.5 Å². The first-order valence-electron chi connectivity index (χ1n) is 6.26. The average Bonchev–Trinajstić information content (AvgIpc) is 2.39. The van der Waals surface area contributed by atoms with Gasteiger partial charge in [-0.05, 0) is 35.4 Å². The van der Waals surface area contributed by atoms with Gasteiger partial charge in [0, 0.05) is 23.7 Å². The quantitative estimate of drug-likeness (QED) is 0.648. The van der Waals surface area contributed by atoms with Gasteiger partial charge >= 0.3 is 8.46 Å². The maximum atomic E-state index is 10.8. The van der Waals surface area contributed by atoms with Crippen molar-refractivity contribution in [2.45, 2.75) is 12.3 Å². The zero-order valence-corrected chi connectivity index (χ0v) is 11.7. The van der Waals surface area contributed by atoms with E-state index in [-0.39, 0.29) is 14.4 Å². The molecule has 0 saturated heterocycles. The van der Waals surface area contributed by atoms with Crippen LogP contribution in [-0.2, 0) is 4.57 Å². The van der Waals surface area contributed by atoms with Crippen molar-refractivity contribution in [2.24, 2.45) is 0 Å². The van der Waals surface area contributed by atoms with Gasteiger partial charge in [-0.2, -0.15) is 0 Å². The minimum atomic E-state index is -0.278. The van der Waals surface area contributed by atoms with Gasteiger partial charge in [-0.3, -0.25) is 0 Å². The fourth-order valence-corrected chi connectivity index (χ4v) is 2.69. The summed E-state index contributed by atoms with van der Waals surface area (Å²) in [4.78, 5) is 0. The molecule has 0 fully saturated rings. The lowest BCUT2D eigenvalue weighted by Gasteiger charge is -2.16. The Morgan fingerprint density at radius 3 is 1.89 bits per heavy atom.